The van der Waals surface area contributed by atoms with Crippen LogP contribution in [-0.2, 0) is 16.1 Å². The Morgan fingerprint density at radius 1 is 1.21 bits per heavy atom. The van der Waals surface area contributed by atoms with Crippen LogP contribution in [0.5, 0.6) is 0 Å². The van der Waals surface area contributed by atoms with Crippen molar-refractivity contribution in [2.75, 3.05) is 38.6 Å². The standard InChI is InChI=1S/C22H32N4O2S/c1-2-26-19-9-5-4-8-18(19)24-21(26)29-16-20(27)23-17-22(10-6-3-7-11-22)25-12-14-28-15-13-25/h4-5,8-9H,2-3,6-7,10-17H2,1H3,(H,23,27). The Bertz CT molecular complexity index is 825. The second kappa shape index (κ2) is 9.49. The summed E-state index contributed by atoms with van der Waals surface area (Å²) in [5.41, 5.74) is 2.23. The molecule has 0 radical (unpaired) electrons. The molecule has 2 aliphatic rings. The number of para-hydroxylation sites is 2. The number of nitrogens with zero attached hydrogens (tertiary/aromatic N) is 3. The number of thioether (sulfide) groups is 1. The van der Waals surface area contributed by atoms with Gasteiger partial charge in [-0.05, 0) is 31.9 Å². The van der Waals surface area contributed by atoms with Gasteiger partial charge < -0.3 is 14.6 Å². The van der Waals surface area contributed by atoms with Crippen LogP contribution >= 0.6 is 11.8 Å². The maximum Gasteiger partial charge on any atom is 0.230 e. The van der Waals surface area contributed by atoms with Gasteiger partial charge in [0, 0.05) is 31.7 Å². The van der Waals surface area contributed by atoms with Crippen LogP contribution in [0.2, 0.25) is 0 Å². The minimum atomic E-state index is 0.0999. The van der Waals surface area contributed by atoms with Gasteiger partial charge in [-0.1, -0.05) is 43.2 Å². The highest BCUT2D eigenvalue weighted by Gasteiger charge is 2.38. The zero-order valence-corrected chi connectivity index (χ0v) is 18.2. The molecule has 1 aliphatic carbocycles. The summed E-state index contributed by atoms with van der Waals surface area (Å²) < 4.78 is 7.74. The molecule has 29 heavy (non-hydrogen) atoms. The van der Waals surface area contributed by atoms with E-state index in [1.54, 1.807) is 0 Å². The molecule has 2 heterocycles. The molecular formula is C22H32N4O2S. The first-order valence-electron chi connectivity index (χ1n) is 10.9. The topological polar surface area (TPSA) is 59.4 Å². The number of hydrogen-bond donors (Lipinski definition) is 1. The van der Waals surface area contributed by atoms with E-state index in [-0.39, 0.29) is 11.4 Å². The molecule has 158 valence electrons. The number of imidazole rings is 1. The molecular weight excluding hydrogens is 384 g/mol. The first kappa shape index (κ1) is 20.7. The molecule has 2 aromatic rings. The van der Waals surface area contributed by atoms with Gasteiger partial charge in [0.2, 0.25) is 5.91 Å². The fourth-order valence-corrected chi connectivity index (χ4v) is 5.67. The van der Waals surface area contributed by atoms with Crippen molar-refractivity contribution in [3.8, 4) is 0 Å². The van der Waals surface area contributed by atoms with Gasteiger partial charge in [0.25, 0.3) is 0 Å². The van der Waals surface area contributed by atoms with Crippen LogP contribution in [0.25, 0.3) is 11.0 Å². The van der Waals surface area contributed by atoms with Gasteiger partial charge >= 0.3 is 0 Å². The van der Waals surface area contributed by atoms with Crippen molar-refractivity contribution in [3.63, 3.8) is 0 Å². The average Bonchev–Trinajstić information content (AvgIpc) is 3.15. The number of carbonyl (C=O) groups excluding carboxylic acids is 1. The van der Waals surface area contributed by atoms with Crippen LogP contribution in [0.3, 0.4) is 0 Å². The smallest absolute Gasteiger partial charge is 0.230 e. The number of amides is 1. The van der Waals surface area contributed by atoms with Crippen molar-refractivity contribution in [2.24, 2.45) is 0 Å². The van der Waals surface area contributed by atoms with Crippen molar-refractivity contribution in [1.29, 1.82) is 0 Å². The molecule has 1 aromatic carbocycles. The molecule has 1 amide bonds. The Hall–Kier alpha value is -1.57. The summed E-state index contributed by atoms with van der Waals surface area (Å²) in [5.74, 6) is 0.505. The number of aryl methyl sites for hydroxylation is 1. The van der Waals surface area contributed by atoms with E-state index in [0.29, 0.717) is 5.75 Å². The third-order valence-electron chi connectivity index (χ3n) is 6.35. The number of ether oxygens (including phenoxy) is 1. The lowest BCUT2D eigenvalue weighted by Gasteiger charge is -2.48. The van der Waals surface area contributed by atoms with Gasteiger partial charge in [0.15, 0.2) is 5.16 Å². The van der Waals surface area contributed by atoms with Gasteiger partial charge in [0.05, 0.1) is 30.0 Å². The molecule has 4 rings (SSSR count). The molecule has 1 saturated heterocycles. The average molecular weight is 417 g/mol. The Kier molecular flexibility index (Phi) is 6.77. The van der Waals surface area contributed by atoms with Crippen LogP contribution in [-0.4, -0.2) is 64.5 Å². The molecule has 0 atom stereocenters. The molecule has 1 aromatic heterocycles. The quantitative estimate of drug-likeness (QED) is 0.702. The molecule has 0 spiro atoms. The van der Waals surface area contributed by atoms with E-state index in [9.17, 15) is 4.79 Å². The van der Waals surface area contributed by atoms with E-state index in [1.165, 1.54) is 43.9 Å². The SMILES string of the molecule is CCn1c(SCC(=O)NCC2(N3CCOCC3)CCCCC2)nc2ccccc21. The second-order valence-electron chi connectivity index (χ2n) is 8.08. The zero-order valence-electron chi connectivity index (χ0n) is 17.4. The summed E-state index contributed by atoms with van der Waals surface area (Å²) in [6.07, 6.45) is 6.16. The fraction of sp³-hybridized carbons (Fsp3) is 0.636. The van der Waals surface area contributed by atoms with Crippen molar-refractivity contribution in [1.82, 2.24) is 19.8 Å². The Labute approximate surface area is 177 Å². The number of hydrogen-bond acceptors (Lipinski definition) is 5. The molecule has 1 aliphatic heterocycles. The van der Waals surface area contributed by atoms with Crippen molar-refractivity contribution in [2.45, 2.75) is 56.3 Å². The van der Waals surface area contributed by atoms with Crippen molar-refractivity contribution < 1.29 is 9.53 Å². The lowest BCUT2D eigenvalue weighted by Crippen LogP contribution is -2.59. The van der Waals surface area contributed by atoms with Crippen LogP contribution in [0.4, 0.5) is 0 Å². The maximum atomic E-state index is 12.7. The number of rotatable bonds is 7. The van der Waals surface area contributed by atoms with Crippen molar-refractivity contribution >= 4 is 28.7 Å². The molecule has 6 nitrogen and oxygen atoms in total. The number of aromatic nitrogens is 2. The van der Waals surface area contributed by atoms with Gasteiger partial charge in [-0.3, -0.25) is 9.69 Å². The summed E-state index contributed by atoms with van der Waals surface area (Å²) in [6, 6.07) is 8.16. The highest BCUT2D eigenvalue weighted by atomic mass is 32.2. The molecule has 1 N–H and O–H groups in total. The van der Waals surface area contributed by atoms with E-state index in [2.05, 4.69) is 27.8 Å². The monoisotopic (exact) mass is 416 g/mol. The van der Waals surface area contributed by atoms with Gasteiger partial charge in [-0.25, -0.2) is 4.98 Å². The molecule has 7 heteroatoms. The van der Waals surface area contributed by atoms with Crippen LogP contribution in [0.1, 0.15) is 39.0 Å². The number of benzene rings is 1. The predicted molar refractivity (Wildman–Crippen MR) is 117 cm³/mol. The number of nitrogens with one attached hydrogen (secondary N) is 1. The largest absolute Gasteiger partial charge is 0.379 e. The lowest BCUT2D eigenvalue weighted by molar-refractivity contribution is -0.119. The fourth-order valence-electron chi connectivity index (χ4n) is 4.77. The highest BCUT2D eigenvalue weighted by Crippen LogP contribution is 2.34. The lowest BCUT2D eigenvalue weighted by atomic mass is 9.79. The number of morpholine rings is 1. The van der Waals surface area contributed by atoms with E-state index < -0.39 is 0 Å². The molecule has 2 fully saturated rings. The van der Waals surface area contributed by atoms with Gasteiger partial charge in [-0.15, -0.1) is 0 Å². The first-order valence-corrected chi connectivity index (χ1v) is 11.9. The minimum Gasteiger partial charge on any atom is -0.379 e. The third kappa shape index (κ3) is 4.62. The van der Waals surface area contributed by atoms with E-state index in [0.717, 1.165) is 55.6 Å². The van der Waals surface area contributed by atoms with E-state index in [4.69, 9.17) is 9.72 Å². The Balaban J connectivity index is 1.36. The van der Waals surface area contributed by atoms with Crippen LogP contribution in [0.15, 0.2) is 29.4 Å². The summed E-state index contributed by atoms with van der Waals surface area (Å²) in [4.78, 5) is 20.0. The molecule has 0 bridgehead atoms. The normalized spacial score (nSPS) is 20.0. The molecule has 1 saturated carbocycles. The summed E-state index contributed by atoms with van der Waals surface area (Å²) in [5, 5.41) is 4.17. The van der Waals surface area contributed by atoms with E-state index in [1.807, 2.05) is 18.2 Å². The second-order valence-corrected chi connectivity index (χ2v) is 9.02. The molecule has 0 unspecified atom stereocenters. The number of carbonyl (C=O) groups is 1. The van der Waals surface area contributed by atoms with Gasteiger partial charge in [0.1, 0.15) is 0 Å². The van der Waals surface area contributed by atoms with Crippen LogP contribution in [0, 0.1) is 0 Å². The number of fused-ring (bicyclic) bond motifs is 1. The summed E-state index contributed by atoms with van der Waals surface area (Å²) in [6.45, 7) is 7.28. The first-order chi connectivity index (χ1) is 14.2. The minimum absolute atomic E-state index is 0.0999. The highest BCUT2D eigenvalue weighted by molar-refractivity contribution is 7.99. The summed E-state index contributed by atoms with van der Waals surface area (Å²) in [7, 11) is 0. The van der Waals surface area contributed by atoms with Gasteiger partial charge in [-0.2, -0.15) is 0 Å². The van der Waals surface area contributed by atoms with Crippen LogP contribution < -0.4 is 5.32 Å². The predicted octanol–water partition coefficient (Wildman–Crippen LogP) is 3.30. The van der Waals surface area contributed by atoms with Crippen molar-refractivity contribution in [3.05, 3.63) is 24.3 Å². The third-order valence-corrected chi connectivity index (χ3v) is 7.33. The summed E-state index contributed by atoms with van der Waals surface area (Å²) >= 11 is 1.53. The Morgan fingerprint density at radius 2 is 1.97 bits per heavy atom. The maximum absolute atomic E-state index is 12.7. The zero-order chi connectivity index (χ0) is 20.1. The van der Waals surface area contributed by atoms with E-state index >= 15 is 0 Å². The Morgan fingerprint density at radius 3 is 2.72 bits per heavy atom.